The van der Waals surface area contributed by atoms with Crippen LogP contribution in [0.25, 0.3) is 11.3 Å². The van der Waals surface area contributed by atoms with Crippen molar-refractivity contribution in [3.63, 3.8) is 0 Å². The number of pyridine rings is 1. The molecule has 0 radical (unpaired) electrons. The topological polar surface area (TPSA) is 61.4 Å². The van der Waals surface area contributed by atoms with Crippen LogP contribution in [0.4, 0.5) is 0 Å². The molecule has 114 valence electrons. The SMILES string of the molecule is CCOC(=O)c1cc(C(C)C)nn1-c1ccc2nccn2c1. The molecule has 3 heterocycles. The van der Waals surface area contributed by atoms with Crippen molar-refractivity contribution in [1.29, 1.82) is 0 Å². The predicted octanol–water partition coefficient (Wildman–Crippen LogP) is 2.82. The van der Waals surface area contributed by atoms with E-state index in [1.165, 1.54) is 0 Å². The number of carbonyl (C=O) groups excluding carboxylic acids is 1. The number of imidazole rings is 1. The van der Waals surface area contributed by atoms with E-state index in [0.29, 0.717) is 12.3 Å². The van der Waals surface area contributed by atoms with Gasteiger partial charge in [0.2, 0.25) is 0 Å². The van der Waals surface area contributed by atoms with E-state index in [-0.39, 0.29) is 11.9 Å². The molecule has 22 heavy (non-hydrogen) atoms. The molecule has 0 spiro atoms. The molecule has 3 rings (SSSR count). The molecule has 0 aliphatic rings. The number of fused-ring (bicyclic) bond motifs is 1. The lowest BCUT2D eigenvalue weighted by Crippen LogP contribution is -2.12. The van der Waals surface area contributed by atoms with Crippen molar-refractivity contribution in [2.45, 2.75) is 26.7 Å². The predicted molar refractivity (Wildman–Crippen MR) is 82.4 cm³/mol. The van der Waals surface area contributed by atoms with Crippen molar-refractivity contribution >= 4 is 11.6 Å². The fourth-order valence-electron chi connectivity index (χ4n) is 2.26. The second-order valence-electron chi connectivity index (χ2n) is 5.32. The van der Waals surface area contributed by atoms with E-state index < -0.39 is 0 Å². The van der Waals surface area contributed by atoms with Gasteiger partial charge in [-0.15, -0.1) is 0 Å². The lowest BCUT2D eigenvalue weighted by atomic mass is 10.1. The molecule has 0 aliphatic heterocycles. The Morgan fingerprint density at radius 1 is 1.36 bits per heavy atom. The van der Waals surface area contributed by atoms with E-state index >= 15 is 0 Å². The van der Waals surface area contributed by atoms with Crippen LogP contribution in [0.1, 0.15) is 42.9 Å². The second-order valence-corrected chi connectivity index (χ2v) is 5.32. The van der Waals surface area contributed by atoms with Gasteiger partial charge < -0.3 is 9.14 Å². The van der Waals surface area contributed by atoms with Crippen molar-refractivity contribution < 1.29 is 9.53 Å². The van der Waals surface area contributed by atoms with Gasteiger partial charge in [-0.05, 0) is 31.0 Å². The number of nitrogens with zero attached hydrogens (tertiary/aromatic N) is 4. The van der Waals surface area contributed by atoms with Gasteiger partial charge in [-0.2, -0.15) is 5.10 Å². The fourth-order valence-corrected chi connectivity index (χ4v) is 2.26. The zero-order chi connectivity index (χ0) is 15.7. The van der Waals surface area contributed by atoms with Gasteiger partial charge in [-0.25, -0.2) is 14.5 Å². The van der Waals surface area contributed by atoms with E-state index in [0.717, 1.165) is 17.0 Å². The Labute approximate surface area is 128 Å². The average Bonchev–Trinajstić information content (AvgIpc) is 3.13. The van der Waals surface area contributed by atoms with Crippen LogP contribution in [-0.4, -0.2) is 31.7 Å². The minimum Gasteiger partial charge on any atom is -0.461 e. The lowest BCUT2D eigenvalue weighted by Gasteiger charge is -2.07. The Kier molecular flexibility index (Phi) is 3.66. The first-order chi connectivity index (χ1) is 10.6. The number of esters is 1. The molecule has 0 bridgehead atoms. The second kappa shape index (κ2) is 5.63. The van der Waals surface area contributed by atoms with E-state index in [4.69, 9.17) is 4.74 Å². The maximum Gasteiger partial charge on any atom is 0.357 e. The molecular formula is C16H18N4O2. The summed E-state index contributed by atoms with van der Waals surface area (Å²) in [6.45, 7) is 6.21. The summed E-state index contributed by atoms with van der Waals surface area (Å²) < 4.78 is 8.66. The summed E-state index contributed by atoms with van der Waals surface area (Å²) in [5.41, 5.74) is 2.93. The minimum absolute atomic E-state index is 0.228. The molecule has 0 saturated heterocycles. The Morgan fingerprint density at radius 2 is 2.18 bits per heavy atom. The van der Waals surface area contributed by atoms with Gasteiger partial charge in [0.25, 0.3) is 0 Å². The summed E-state index contributed by atoms with van der Waals surface area (Å²) in [7, 11) is 0. The van der Waals surface area contributed by atoms with Gasteiger partial charge in [-0.3, -0.25) is 0 Å². The third kappa shape index (κ3) is 2.47. The number of ether oxygens (including phenoxy) is 1. The quantitative estimate of drug-likeness (QED) is 0.695. The molecule has 0 unspecified atom stereocenters. The van der Waals surface area contributed by atoms with E-state index in [2.05, 4.69) is 10.1 Å². The first-order valence-electron chi connectivity index (χ1n) is 7.30. The highest BCUT2D eigenvalue weighted by Crippen LogP contribution is 2.19. The number of rotatable bonds is 4. The summed E-state index contributed by atoms with van der Waals surface area (Å²) in [6.07, 6.45) is 5.48. The Morgan fingerprint density at radius 3 is 2.91 bits per heavy atom. The van der Waals surface area contributed by atoms with Gasteiger partial charge in [0, 0.05) is 18.6 Å². The first-order valence-corrected chi connectivity index (χ1v) is 7.30. The normalized spacial score (nSPS) is 11.3. The number of aromatic nitrogens is 4. The van der Waals surface area contributed by atoms with Crippen LogP contribution in [0, 0.1) is 0 Å². The standard InChI is InChI=1S/C16H18N4O2/c1-4-22-16(21)14-9-13(11(2)3)18-20(14)12-5-6-15-17-7-8-19(15)10-12/h5-11H,4H2,1-3H3. The Balaban J connectivity index is 2.12. The molecular weight excluding hydrogens is 280 g/mol. The van der Waals surface area contributed by atoms with Crippen LogP contribution in [0.15, 0.2) is 36.8 Å². The molecule has 6 heteroatoms. The molecule has 0 aromatic carbocycles. The van der Waals surface area contributed by atoms with Crippen molar-refractivity contribution in [2.75, 3.05) is 6.61 Å². The summed E-state index contributed by atoms with van der Waals surface area (Å²) in [4.78, 5) is 16.4. The summed E-state index contributed by atoms with van der Waals surface area (Å²) in [5.74, 6) is -0.140. The smallest absolute Gasteiger partial charge is 0.357 e. The summed E-state index contributed by atoms with van der Waals surface area (Å²) in [6, 6.07) is 5.57. The Hall–Kier alpha value is -2.63. The highest BCUT2D eigenvalue weighted by Gasteiger charge is 2.19. The monoisotopic (exact) mass is 298 g/mol. The van der Waals surface area contributed by atoms with Crippen LogP contribution in [0.2, 0.25) is 0 Å². The third-order valence-corrected chi connectivity index (χ3v) is 3.42. The van der Waals surface area contributed by atoms with Crippen molar-refractivity contribution in [2.24, 2.45) is 0 Å². The van der Waals surface area contributed by atoms with Gasteiger partial charge >= 0.3 is 5.97 Å². The highest BCUT2D eigenvalue weighted by atomic mass is 16.5. The highest BCUT2D eigenvalue weighted by molar-refractivity contribution is 5.88. The first kappa shape index (κ1) is 14.3. The van der Waals surface area contributed by atoms with Gasteiger partial charge in [-0.1, -0.05) is 13.8 Å². The van der Waals surface area contributed by atoms with Crippen LogP contribution in [0.5, 0.6) is 0 Å². The number of hydrogen-bond acceptors (Lipinski definition) is 4. The van der Waals surface area contributed by atoms with Crippen molar-refractivity contribution in [3.8, 4) is 5.69 Å². The fraction of sp³-hybridized carbons (Fsp3) is 0.312. The van der Waals surface area contributed by atoms with E-state index in [9.17, 15) is 4.79 Å². The maximum absolute atomic E-state index is 12.2. The van der Waals surface area contributed by atoms with Gasteiger partial charge in [0.05, 0.1) is 18.0 Å². The van der Waals surface area contributed by atoms with Gasteiger partial charge in [0.1, 0.15) is 5.65 Å². The van der Waals surface area contributed by atoms with Crippen LogP contribution < -0.4 is 0 Å². The molecule has 0 aliphatic carbocycles. The largest absolute Gasteiger partial charge is 0.461 e. The van der Waals surface area contributed by atoms with E-state index in [1.54, 1.807) is 23.9 Å². The third-order valence-electron chi connectivity index (χ3n) is 3.42. The molecule has 0 amide bonds. The van der Waals surface area contributed by atoms with Crippen molar-refractivity contribution in [3.05, 3.63) is 48.2 Å². The molecule has 6 nitrogen and oxygen atoms in total. The molecule has 0 atom stereocenters. The summed E-state index contributed by atoms with van der Waals surface area (Å²) in [5, 5.41) is 4.56. The van der Waals surface area contributed by atoms with Crippen LogP contribution in [-0.2, 0) is 4.74 Å². The average molecular weight is 298 g/mol. The number of hydrogen-bond donors (Lipinski definition) is 0. The molecule has 0 N–H and O–H groups in total. The molecule has 3 aromatic rings. The lowest BCUT2D eigenvalue weighted by molar-refractivity contribution is 0.0515. The summed E-state index contributed by atoms with van der Waals surface area (Å²) >= 11 is 0. The van der Waals surface area contributed by atoms with Crippen LogP contribution >= 0.6 is 0 Å². The maximum atomic E-state index is 12.2. The van der Waals surface area contributed by atoms with Crippen LogP contribution in [0.3, 0.4) is 0 Å². The molecule has 0 fully saturated rings. The molecule has 3 aromatic heterocycles. The number of carbonyl (C=O) groups is 1. The van der Waals surface area contributed by atoms with Crippen molar-refractivity contribution in [1.82, 2.24) is 19.2 Å². The zero-order valence-corrected chi connectivity index (χ0v) is 12.9. The minimum atomic E-state index is -0.368. The molecule has 0 saturated carbocycles. The zero-order valence-electron chi connectivity index (χ0n) is 12.9. The van der Waals surface area contributed by atoms with Gasteiger partial charge in [0.15, 0.2) is 5.69 Å². The Bertz CT molecular complexity index is 817. The van der Waals surface area contributed by atoms with E-state index in [1.807, 2.05) is 42.8 Å².